The molecule has 1 atom stereocenters. The van der Waals surface area contributed by atoms with Crippen molar-refractivity contribution in [3.63, 3.8) is 0 Å². The molecule has 3 nitrogen and oxygen atoms in total. The van der Waals surface area contributed by atoms with E-state index in [2.05, 4.69) is 4.72 Å². The van der Waals surface area contributed by atoms with Gasteiger partial charge in [0, 0.05) is 11.9 Å². The second kappa shape index (κ2) is 6.39. The maximum absolute atomic E-state index is 13.4. The Morgan fingerprint density at radius 3 is 2.56 bits per heavy atom. The average molecular weight is 335 g/mol. The zero-order chi connectivity index (χ0) is 13.9. The Labute approximate surface area is 120 Å². The molecule has 0 spiro atoms. The third-order valence-corrected chi connectivity index (χ3v) is 4.62. The highest BCUT2D eigenvalue weighted by Crippen LogP contribution is 2.29. The molecule has 0 bridgehead atoms. The molecule has 0 heterocycles. The minimum Gasteiger partial charge on any atom is -0.211 e. The van der Waals surface area contributed by atoms with Crippen LogP contribution in [0.5, 0.6) is 0 Å². The van der Waals surface area contributed by atoms with E-state index in [1.54, 1.807) is 6.92 Å². The van der Waals surface area contributed by atoms with Crippen LogP contribution in [-0.2, 0) is 10.0 Å². The lowest BCUT2D eigenvalue weighted by Gasteiger charge is -2.09. The number of nitrogens with one attached hydrogen (secondary N) is 1. The first kappa shape index (κ1) is 16.0. The number of hydrogen-bond acceptors (Lipinski definition) is 2. The zero-order valence-corrected chi connectivity index (χ0v) is 12.5. The molecule has 0 saturated carbocycles. The van der Waals surface area contributed by atoms with E-state index in [1.807, 2.05) is 0 Å². The van der Waals surface area contributed by atoms with Crippen molar-refractivity contribution in [3.05, 3.63) is 28.0 Å². The van der Waals surface area contributed by atoms with Crippen LogP contribution in [-0.4, -0.2) is 20.3 Å². The van der Waals surface area contributed by atoms with Gasteiger partial charge in [-0.3, -0.25) is 0 Å². The van der Waals surface area contributed by atoms with Crippen molar-refractivity contribution in [2.75, 3.05) is 6.54 Å². The minimum atomic E-state index is -3.87. The van der Waals surface area contributed by atoms with Crippen molar-refractivity contribution in [1.29, 1.82) is 0 Å². The summed E-state index contributed by atoms with van der Waals surface area (Å²) in [5.74, 6) is -0.952. The van der Waals surface area contributed by atoms with Gasteiger partial charge in [0.05, 0.1) is 10.0 Å². The van der Waals surface area contributed by atoms with Crippen LogP contribution in [0.1, 0.15) is 13.3 Å². The fourth-order valence-electron chi connectivity index (χ4n) is 1.19. The van der Waals surface area contributed by atoms with Crippen LogP contribution in [0, 0.1) is 5.82 Å². The smallest absolute Gasteiger partial charge is 0.211 e. The predicted octanol–water partition coefficient (Wildman–Crippen LogP) is 3.43. The van der Waals surface area contributed by atoms with E-state index in [1.165, 1.54) is 0 Å². The van der Waals surface area contributed by atoms with Crippen LogP contribution in [0.3, 0.4) is 0 Å². The first-order chi connectivity index (χ1) is 8.25. The maximum atomic E-state index is 13.4. The standard InChI is InChI=1S/C10H11Cl3FNO2S/c1-6(11)4-5-15-18(16,17)8-3-2-7(12)10(14)9(8)13/h2-3,6,15H,4-5H2,1H3. The Kier molecular flexibility index (Phi) is 5.67. The van der Waals surface area contributed by atoms with Crippen LogP contribution < -0.4 is 4.72 Å². The van der Waals surface area contributed by atoms with E-state index in [0.717, 1.165) is 12.1 Å². The van der Waals surface area contributed by atoms with E-state index in [-0.39, 0.29) is 21.8 Å². The summed E-state index contributed by atoms with van der Waals surface area (Å²) in [6, 6.07) is 2.29. The van der Waals surface area contributed by atoms with E-state index < -0.39 is 20.9 Å². The lowest BCUT2D eigenvalue weighted by molar-refractivity contribution is 0.575. The van der Waals surface area contributed by atoms with Crippen LogP contribution >= 0.6 is 34.8 Å². The minimum absolute atomic E-state index is 0.146. The molecule has 18 heavy (non-hydrogen) atoms. The van der Waals surface area contributed by atoms with Crippen LogP contribution in [0.25, 0.3) is 0 Å². The Morgan fingerprint density at radius 2 is 2.00 bits per heavy atom. The van der Waals surface area contributed by atoms with E-state index >= 15 is 0 Å². The predicted molar refractivity (Wildman–Crippen MR) is 71.5 cm³/mol. The number of rotatable bonds is 5. The van der Waals surface area contributed by atoms with Crippen molar-refractivity contribution in [3.8, 4) is 0 Å². The van der Waals surface area contributed by atoms with Gasteiger partial charge in [-0.25, -0.2) is 17.5 Å². The summed E-state index contributed by atoms with van der Waals surface area (Å²) in [5.41, 5.74) is 0. The van der Waals surface area contributed by atoms with Crippen molar-refractivity contribution < 1.29 is 12.8 Å². The molecule has 0 saturated heterocycles. The van der Waals surface area contributed by atoms with E-state index in [0.29, 0.717) is 6.42 Å². The number of halogens is 4. The lowest BCUT2D eigenvalue weighted by atomic mass is 10.3. The molecule has 1 aromatic rings. The van der Waals surface area contributed by atoms with Gasteiger partial charge in [-0.1, -0.05) is 23.2 Å². The Balaban J connectivity index is 2.96. The summed E-state index contributed by atoms with van der Waals surface area (Å²) in [6.45, 7) is 1.89. The first-order valence-electron chi connectivity index (χ1n) is 5.03. The number of hydrogen-bond donors (Lipinski definition) is 1. The Hall–Kier alpha value is -0.0700. The number of sulfonamides is 1. The highest BCUT2D eigenvalue weighted by molar-refractivity contribution is 7.89. The highest BCUT2D eigenvalue weighted by Gasteiger charge is 2.21. The van der Waals surface area contributed by atoms with Gasteiger partial charge in [-0.05, 0) is 25.5 Å². The van der Waals surface area contributed by atoms with Crippen LogP contribution in [0.15, 0.2) is 17.0 Å². The van der Waals surface area contributed by atoms with Gasteiger partial charge in [0.15, 0.2) is 5.82 Å². The SMILES string of the molecule is CC(Cl)CCNS(=O)(=O)c1ccc(Cl)c(F)c1Cl. The van der Waals surface area contributed by atoms with Crippen molar-refractivity contribution in [2.24, 2.45) is 0 Å². The third kappa shape index (κ3) is 3.96. The molecule has 102 valence electrons. The molecule has 1 rings (SSSR count). The van der Waals surface area contributed by atoms with Gasteiger partial charge in [0.2, 0.25) is 10.0 Å². The molecule has 8 heteroatoms. The maximum Gasteiger partial charge on any atom is 0.242 e. The van der Waals surface area contributed by atoms with Gasteiger partial charge in [-0.15, -0.1) is 11.6 Å². The molecule has 0 aliphatic rings. The molecule has 1 unspecified atom stereocenters. The largest absolute Gasteiger partial charge is 0.242 e. The average Bonchev–Trinajstić information content (AvgIpc) is 2.24. The fourth-order valence-corrected chi connectivity index (χ4v) is 3.08. The summed E-state index contributed by atoms with van der Waals surface area (Å²) >= 11 is 16.8. The van der Waals surface area contributed by atoms with Gasteiger partial charge in [0.1, 0.15) is 4.90 Å². The Bertz CT molecular complexity index is 534. The van der Waals surface area contributed by atoms with Gasteiger partial charge in [-0.2, -0.15) is 0 Å². The molecule has 0 fully saturated rings. The molecule has 0 amide bonds. The number of alkyl halides is 1. The molecular weight excluding hydrogens is 324 g/mol. The molecule has 0 radical (unpaired) electrons. The second-order valence-electron chi connectivity index (χ2n) is 3.64. The van der Waals surface area contributed by atoms with Crippen molar-refractivity contribution in [2.45, 2.75) is 23.6 Å². The lowest BCUT2D eigenvalue weighted by Crippen LogP contribution is -2.26. The normalized spacial score (nSPS) is 13.6. The van der Waals surface area contributed by atoms with Crippen molar-refractivity contribution in [1.82, 2.24) is 4.72 Å². The summed E-state index contributed by atoms with van der Waals surface area (Å²) < 4.78 is 39.4. The van der Waals surface area contributed by atoms with Crippen LogP contribution in [0.4, 0.5) is 4.39 Å². The van der Waals surface area contributed by atoms with E-state index in [9.17, 15) is 12.8 Å². The monoisotopic (exact) mass is 333 g/mol. The van der Waals surface area contributed by atoms with Gasteiger partial charge in [0.25, 0.3) is 0 Å². The fraction of sp³-hybridized carbons (Fsp3) is 0.400. The molecule has 0 aromatic heterocycles. The summed E-state index contributed by atoms with van der Waals surface area (Å²) in [5, 5.41) is -0.910. The molecule has 1 aromatic carbocycles. The molecule has 0 aliphatic carbocycles. The second-order valence-corrected chi connectivity index (χ2v) is 6.91. The van der Waals surface area contributed by atoms with Gasteiger partial charge >= 0.3 is 0 Å². The van der Waals surface area contributed by atoms with E-state index in [4.69, 9.17) is 34.8 Å². The zero-order valence-electron chi connectivity index (χ0n) is 9.38. The van der Waals surface area contributed by atoms with Crippen LogP contribution in [0.2, 0.25) is 10.0 Å². The quantitative estimate of drug-likeness (QED) is 0.662. The molecule has 1 N–H and O–H groups in total. The third-order valence-electron chi connectivity index (χ3n) is 2.12. The number of benzene rings is 1. The van der Waals surface area contributed by atoms with Gasteiger partial charge < -0.3 is 0 Å². The molecule has 0 aliphatic heterocycles. The summed E-state index contributed by atoms with van der Waals surface area (Å²) in [7, 11) is -3.87. The van der Waals surface area contributed by atoms with Crippen molar-refractivity contribution >= 4 is 44.8 Å². The summed E-state index contributed by atoms with van der Waals surface area (Å²) in [6.07, 6.45) is 0.453. The summed E-state index contributed by atoms with van der Waals surface area (Å²) in [4.78, 5) is -0.340. The highest BCUT2D eigenvalue weighted by atomic mass is 35.5. The Morgan fingerprint density at radius 1 is 1.39 bits per heavy atom. The molecular formula is C10H11Cl3FNO2S. The first-order valence-corrected chi connectivity index (χ1v) is 7.70. The topological polar surface area (TPSA) is 46.2 Å².